The van der Waals surface area contributed by atoms with Gasteiger partial charge in [-0.3, -0.25) is 9.59 Å². The van der Waals surface area contributed by atoms with E-state index < -0.39 is 0 Å². The SMILES string of the molecule is O=C(Cc1cnn(-c2ccccc2)c1)N1CCC(C(=O)N2CCCCC2)CC1. The lowest BCUT2D eigenvalue weighted by molar-refractivity contribution is -0.141. The van der Waals surface area contributed by atoms with Crippen LogP contribution in [0.4, 0.5) is 0 Å². The summed E-state index contributed by atoms with van der Waals surface area (Å²) in [6.07, 6.45) is 9.08. The van der Waals surface area contributed by atoms with Crippen molar-refractivity contribution in [3.63, 3.8) is 0 Å². The van der Waals surface area contributed by atoms with Gasteiger partial charge >= 0.3 is 0 Å². The minimum atomic E-state index is 0.0861. The van der Waals surface area contributed by atoms with E-state index in [4.69, 9.17) is 0 Å². The number of carbonyl (C=O) groups is 2. The Balaban J connectivity index is 1.28. The summed E-state index contributed by atoms with van der Waals surface area (Å²) in [5.74, 6) is 0.510. The Morgan fingerprint density at radius 2 is 1.64 bits per heavy atom. The van der Waals surface area contributed by atoms with Crippen molar-refractivity contribution >= 4 is 11.8 Å². The quantitative estimate of drug-likeness (QED) is 0.819. The lowest BCUT2D eigenvalue weighted by atomic mass is 9.94. The fourth-order valence-electron chi connectivity index (χ4n) is 4.21. The number of para-hydroxylation sites is 1. The third-order valence-electron chi connectivity index (χ3n) is 5.88. The zero-order chi connectivity index (χ0) is 19.3. The number of piperidine rings is 2. The molecular formula is C22H28N4O2. The molecule has 0 saturated carbocycles. The molecule has 0 spiro atoms. The molecule has 0 N–H and O–H groups in total. The second-order valence-corrected chi connectivity index (χ2v) is 7.85. The summed E-state index contributed by atoms with van der Waals surface area (Å²) in [7, 11) is 0. The number of hydrogen-bond acceptors (Lipinski definition) is 3. The van der Waals surface area contributed by atoms with Gasteiger partial charge in [-0.25, -0.2) is 4.68 Å². The molecule has 6 nitrogen and oxygen atoms in total. The molecule has 2 amide bonds. The lowest BCUT2D eigenvalue weighted by Gasteiger charge is -2.35. The van der Waals surface area contributed by atoms with Gasteiger partial charge in [0.05, 0.1) is 18.3 Å². The van der Waals surface area contributed by atoms with Crippen LogP contribution in [0.1, 0.15) is 37.7 Å². The van der Waals surface area contributed by atoms with Crippen LogP contribution in [-0.4, -0.2) is 57.6 Å². The van der Waals surface area contributed by atoms with Crippen molar-refractivity contribution in [2.45, 2.75) is 38.5 Å². The molecule has 148 valence electrons. The topological polar surface area (TPSA) is 58.4 Å². The zero-order valence-corrected chi connectivity index (χ0v) is 16.3. The van der Waals surface area contributed by atoms with Crippen LogP contribution >= 0.6 is 0 Å². The first kappa shape index (κ1) is 18.7. The van der Waals surface area contributed by atoms with Gasteiger partial charge in [0.1, 0.15) is 0 Å². The van der Waals surface area contributed by atoms with E-state index in [1.807, 2.05) is 46.3 Å². The third kappa shape index (κ3) is 4.26. The molecule has 2 fully saturated rings. The van der Waals surface area contributed by atoms with E-state index >= 15 is 0 Å². The summed E-state index contributed by atoms with van der Waals surface area (Å²) in [4.78, 5) is 29.3. The Hall–Kier alpha value is -2.63. The Morgan fingerprint density at radius 3 is 2.36 bits per heavy atom. The third-order valence-corrected chi connectivity index (χ3v) is 5.88. The van der Waals surface area contributed by atoms with Crippen LogP contribution in [0, 0.1) is 5.92 Å². The first-order valence-electron chi connectivity index (χ1n) is 10.4. The molecule has 6 heteroatoms. The van der Waals surface area contributed by atoms with E-state index in [1.165, 1.54) is 6.42 Å². The number of likely N-dealkylation sites (tertiary alicyclic amines) is 2. The molecule has 1 aromatic heterocycles. The fourth-order valence-corrected chi connectivity index (χ4v) is 4.21. The molecular weight excluding hydrogens is 352 g/mol. The summed E-state index contributed by atoms with van der Waals surface area (Å²) in [6.45, 7) is 3.17. The summed E-state index contributed by atoms with van der Waals surface area (Å²) >= 11 is 0. The Bertz CT molecular complexity index is 803. The second kappa shape index (κ2) is 8.59. The average Bonchev–Trinajstić information content (AvgIpc) is 3.23. The van der Waals surface area contributed by atoms with Crippen molar-refractivity contribution in [2.24, 2.45) is 5.92 Å². The predicted octanol–water partition coefficient (Wildman–Crippen LogP) is 2.67. The highest BCUT2D eigenvalue weighted by molar-refractivity contribution is 5.81. The number of hydrogen-bond donors (Lipinski definition) is 0. The lowest BCUT2D eigenvalue weighted by Crippen LogP contribution is -2.46. The normalized spacial score (nSPS) is 18.3. The van der Waals surface area contributed by atoms with Crippen LogP contribution in [0.5, 0.6) is 0 Å². The van der Waals surface area contributed by atoms with Crippen LogP contribution in [-0.2, 0) is 16.0 Å². The summed E-state index contributed by atoms with van der Waals surface area (Å²) in [5, 5.41) is 4.37. The molecule has 0 aliphatic carbocycles. The number of amides is 2. The van der Waals surface area contributed by atoms with Gasteiger partial charge in [-0.15, -0.1) is 0 Å². The number of benzene rings is 1. The molecule has 0 bridgehead atoms. The van der Waals surface area contributed by atoms with Crippen molar-refractivity contribution in [2.75, 3.05) is 26.2 Å². The molecule has 3 heterocycles. The first-order valence-corrected chi connectivity index (χ1v) is 10.4. The molecule has 1 aromatic carbocycles. The smallest absolute Gasteiger partial charge is 0.227 e. The summed E-state index contributed by atoms with van der Waals surface area (Å²) in [6, 6.07) is 9.89. The summed E-state index contributed by atoms with van der Waals surface area (Å²) in [5.41, 5.74) is 1.90. The van der Waals surface area contributed by atoms with Crippen LogP contribution in [0.15, 0.2) is 42.7 Å². The van der Waals surface area contributed by atoms with E-state index in [0.29, 0.717) is 25.4 Å². The minimum absolute atomic E-state index is 0.0861. The van der Waals surface area contributed by atoms with Crippen LogP contribution in [0.25, 0.3) is 5.69 Å². The second-order valence-electron chi connectivity index (χ2n) is 7.85. The van der Waals surface area contributed by atoms with E-state index in [0.717, 1.165) is 50.0 Å². The van der Waals surface area contributed by atoms with Gasteiger partial charge < -0.3 is 9.80 Å². The number of rotatable bonds is 4. The predicted molar refractivity (Wildman–Crippen MR) is 107 cm³/mol. The van der Waals surface area contributed by atoms with Gasteiger partial charge in [0.2, 0.25) is 11.8 Å². The Labute approximate surface area is 166 Å². The van der Waals surface area contributed by atoms with E-state index in [2.05, 4.69) is 5.10 Å². The molecule has 0 radical (unpaired) electrons. The number of carbonyl (C=O) groups excluding carboxylic acids is 2. The Kier molecular flexibility index (Phi) is 5.74. The zero-order valence-electron chi connectivity index (χ0n) is 16.3. The number of nitrogens with zero attached hydrogens (tertiary/aromatic N) is 4. The molecule has 2 saturated heterocycles. The van der Waals surface area contributed by atoms with Gasteiger partial charge in [-0.1, -0.05) is 18.2 Å². The Morgan fingerprint density at radius 1 is 0.929 bits per heavy atom. The van der Waals surface area contributed by atoms with E-state index in [9.17, 15) is 9.59 Å². The average molecular weight is 380 g/mol. The summed E-state index contributed by atoms with van der Waals surface area (Å²) < 4.78 is 1.80. The maximum absolute atomic E-state index is 12.7. The van der Waals surface area contributed by atoms with Gasteiger partial charge in [0.25, 0.3) is 0 Å². The molecule has 28 heavy (non-hydrogen) atoms. The maximum Gasteiger partial charge on any atom is 0.227 e. The van der Waals surface area contributed by atoms with Gasteiger partial charge in [-0.2, -0.15) is 5.10 Å². The molecule has 4 rings (SSSR count). The number of aromatic nitrogens is 2. The molecule has 2 aromatic rings. The van der Waals surface area contributed by atoms with Crippen molar-refractivity contribution < 1.29 is 9.59 Å². The van der Waals surface area contributed by atoms with Crippen molar-refractivity contribution in [3.8, 4) is 5.69 Å². The van der Waals surface area contributed by atoms with E-state index in [-0.39, 0.29) is 11.8 Å². The monoisotopic (exact) mass is 380 g/mol. The minimum Gasteiger partial charge on any atom is -0.342 e. The van der Waals surface area contributed by atoms with Gasteiger partial charge in [0.15, 0.2) is 0 Å². The first-order chi connectivity index (χ1) is 13.7. The van der Waals surface area contributed by atoms with E-state index in [1.54, 1.807) is 10.9 Å². The van der Waals surface area contributed by atoms with Gasteiger partial charge in [-0.05, 0) is 49.8 Å². The molecule has 2 aliphatic rings. The standard InChI is InChI=1S/C22H28N4O2/c27-21(15-18-16-23-26(17-18)20-7-3-1-4-8-20)24-13-9-19(10-14-24)22(28)25-11-5-2-6-12-25/h1,3-4,7-8,16-17,19H,2,5-6,9-15H2. The van der Waals surface area contributed by atoms with Crippen molar-refractivity contribution in [1.82, 2.24) is 19.6 Å². The molecule has 0 atom stereocenters. The fraction of sp³-hybridized carbons (Fsp3) is 0.500. The van der Waals surface area contributed by atoms with Crippen molar-refractivity contribution in [1.29, 1.82) is 0 Å². The maximum atomic E-state index is 12.7. The van der Waals surface area contributed by atoms with Crippen molar-refractivity contribution in [3.05, 3.63) is 48.3 Å². The van der Waals surface area contributed by atoms with Crippen LogP contribution < -0.4 is 0 Å². The highest BCUT2D eigenvalue weighted by Gasteiger charge is 2.30. The van der Waals surface area contributed by atoms with Crippen LogP contribution in [0.2, 0.25) is 0 Å². The highest BCUT2D eigenvalue weighted by Crippen LogP contribution is 2.22. The van der Waals surface area contributed by atoms with Gasteiger partial charge in [0, 0.05) is 38.3 Å². The highest BCUT2D eigenvalue weighted by atomic mass is 16.2. The largest absolute Gasteiger partial charge is 0.342 e. The van der Waals surface area contributed by atoms with Crippen LogP contribution in [0.3, 0.4) is 0 Å². The molecule has 0 unspecified atom stereocenters. The molecule has 2 aliphatic heterocycles.